The molecule has 0 aromatic heterocycles. The van der Waals surface area contributed by atoms with E-state index in [0.717, 1.165) is 6.54 Å². The molecule has 2 amide bonds. The Hall–Kier alpha value is -0.730. The average Bonchev–Trinajstić information content (AvgIpc) is 1.78. The van der Waals surface area contributed by atoms with Crippen LogP contribution in [0.2, 0.25) is 0 Å². The molecule has 0 radical (unpaired) electrons. The van der Waals surface area contributed by atoms with Gasteiger partial charge in [-0.2, -0.15) is 0 Å². The van der Waals surface area contributed by atoms with Crippen LogP contribution < -0.4 is 5.32 Å². The predicted molar refractivity (Wildman–Crippen MR) is 60.4 cm³/mol. The highest BCUT2D eigenvalue weighted by Gasteiger charge is 2.20. The maximum Gasteiger partial charge on any atom is 0.317 e. The lowest BCUT2D eigenvalue weighted by atomic mass is 9.96. The second-order valence-electron chi connectivity index (χ2n) is 6.10. The van der Waals surface area contributed by atoms with E-state index >= 15 is 0 Å². The molecule has 1 N–H and O–H groups in total. The zero-order valence-electron chi connectivity index (χ0n) is 10.6. The van der Waals surface area contributed by atoms with E-state index in [1.54, 1.807) is 4.90 Å². The van der Waals surface area contributed by atoms with E-state index in [9.17, 15) is 4.79 Å². The van der Waals surface area contributed by atoms with Crippen LogP contribution in [-0.2, 0) is 0 Å². The largest absolute Gasteiger partial charge is 0.333 e. The van der Waals surface area contributed by atoms with Gasteiger partial charge in [0, 0.05) is 19.1 Å². The van der Waals surface area contributed by atoms with Crippen LogP contribution >= 0.6 is 0 Å². The van der Waals surface area contributed by atoms with Crippen molar-refractivity contribution in [2.45, 2.75) is 47.1 Å². The van der Waals surface area contributed by atoms with Crippen molar-refractivity contribution in [2.24, 2.45) is 5.41 Å². The number of hydrogen-bond acceptors (Lipinski definition) is 1. The van der Waals surface area contributed by atoms with E-state index < -0.39 is 0 Å². The van der Waals surface area contributed by atoms with Gasteiger partial charge in [-0.25, -0.2) is 4.79 Å². The molecule has 0 aromatic rings. The van der Waals surface area contributed by atoms with Crippen molar-refractivity contribution in [1.29, 1.82) is 0 Å². The minimum absolute atomic E-state index is 0.00701. The third-order valence-electron chi connectivity index (χ3n) is 1.54. The van der Waals surface area contributed by atoms with Crippen LogP contribution in [0.3, 0.4) is 0 Å². The predicted octanol–water partition coefficient (Wildman–Crippen LogP) is 2.47. The number of urea groups is 1. The van der Waals surface area contributed by atoms with Crippen LogP contribution in [0, 0.1) is 5.41 Å². The summed E-state index contributed by atoms with van der Waals surface area (Å²) in [7, 11) is 1.83. The maximum absolute atomic E-state index is 11.7. The van der Waals surface area contributed by atoms with Crippen molar-refractivity contribution in [3.05, 3.63) is 0 Å². The molecule has 0 fully saturated rings. The van der Waals surface area contributed by atoms with E-state index in [0.29, 0.717) is 0 Å². The highest BCUT2D eigenvalue weighted by molar-refractivity contribution is 5.74. The molecule has 0 heterocycles. The van der Waals surface area contributed by atoms with Crippen LogP contribution in [0.1, 0.15) is 41.5 Å². The number of amides is 2. The van der Waals surface area contributed by atoms with Gasteiger partial charge in [-0.1, -0.05) is 20.8 Å². The lowest BCUT2D eigenvalue weighted by Gasteiger charge is -2.30. The summed E-state index contributed by atoms with van der Waals surface area (Å²) in [5.74, 6) is 0. The molecule has 0 spiro atoms. The van der Waals surface area contributed by atoms with Crippen molar-refractivity contribution >= 4 is 6.03 Å². The molecule has 3 heteroatoms. The highest BCUT2D eigenvalue weighted by atomic mass is 16.2. The second-order valence-corrected chi connectivity index (χ2v) is 6.10. The van der Waals surface area contributed by atoms with Gasteiger partial charge in [0.05, 0.1) is 0 Å². The van der Waals surface area contributed by atoms with Gasteiger partial charge in [-0.3, -0.25) is 0 Å². The zero-order chi connectivity index (χ0) is 11.6. The maximum atomic E-state index is 11.7. The van der Waals surface area contributed by atoms with Crippen molar-refractivity contribution in [1.82, 2.24) is 10.2 Å². The molecule has 84 valence electrons. The van der Waals surface area contributed by atoms with Gasteiger partial charge >= 0.3 is 6.03 Å². The SMILES string of the molecule is CN(CC(C)(C)C)C(=O)NC(C)(C)C. The van der Waals surface area contributed by atoms with Gasteiger partial charge in [-0.15, -0.1) is 0 Å². The number of hydrogen-bond donors (Lipinski definition) is 1. The topological polar surface area (TPSA) is 32.3 Å². The summed E-state index contributed by atoms with van der Waals surface area (Å²) < 4.78 is 0. The van der Waals surface area contributed by atoms with Gasteiger partial charge in [0.25, 0.3) is 0 Å². The van der Waals surface area contributed by atoms with E-state index in [1.165, 1.54) is 0 Å². The molecule has 0 atom stereocenters. The quantitative estimate of drug-likeness (QED) is 0.693. The number of carbonyl (C=O) groups excluding carboxylic acids is 1. The normalized spacial score (nSPS) is 12.5. The van der Waals surface area contributed by atoms with Gasteiger partial charge in [0.1, 0.15) is 0 Å². The first-order chi connectivity index (χ1) is 6.01. The van der Waals surface area contributed by atoms with Crippen LogP contribution in [0.4, 0.5) is 4.79 Å². The molecule has 0 bridgehead atoms. The summed E-state index contributed by atoms with van der Waals surface area (Å²) in [5, 5.41) is 2.93. The lowest BCUT2D eigenvalue weighted by molar-refractivity contribution is 0.180. The van der Waals surface area contributed by atoms with E-state index in [-0.39, 0.29) is 17.0 Å². The van der Waals surface area contributed by atoms with Crippen LogP contribution in [0.5, 0.6) is 0 Å². The first-order valence-electron chi connectivity index (χ1n) is 5.04. The van der Waals surface area contributed by atoms with Gasteiger partial charge < -0.3 is 10.2 Å². The van der Waals surface area contributed by atoms with Crippen molar-refractivity contribution in [3.8, 4) is 0 Å². The van der Waals surface area contributed by atoms with Crippen molar-refractivity contribution in [2.75, 3.05) is 13.6 Å². The molecule has 3 nitrogen and oxygen atoms in total. The minimum atomic E-state index is -0.163. The molecule has 0 saturated carbocycles. The Morgan fingerprint density at radius 2 is 1.57 bits per heavy atom. The second kappa shape index (κ2) is 4.20. The van der Waals surface area contributed by atoms with Crippen LogP contribution in [0.25, 0.3) is 0 Å². The summed E-state index contributed by atoms with van der Waals surface area (Å²) in [6.45, 7) is 13.1. The van der Waals surface area contributed by atoms with Crippen LogP contribution in [-0.4, -0.2) is 30.1 Å². The molecule has 0 aromatic carbocycles. The fourth-order valence-corrected chi connectivity index (χ4v) is 1.20. The first kappa shape index (κ1) is 13.3. The van der Waals surface area contributed by atoms with E-state index in [1.807, 2.05) is 27.8 Å². The molecule has 0 unspecified atom stereocenters. The molecule has 0 aliphatic rings. The molecular weight excluding hydrogens is 176 g/mol. The summed E-state index contributed by atoms with van der Waals surface area (Å²) in [4.78, 5) is 13.4. The molecular formula is C11H24N2O. The summed E-state index contributed by atoms with van der Waals surface area (Å²) >= 11 is 0. The summed E-state index contributed by atoms with van der Waals surface area (Å²) in [6, 6.07) is -0.00701. The number of carbonyl (C=O) groups is 1. The third kappa shape index (κ3) is 6.75. The smallest absolute Gasteiger partial charge is 0.317 e. The third-order valence-corrected chi connectivity index (χ3v) is 1.54. The van der Waals surface area contributed by atoms with Gasteiger partial charge in [0.15, 0.2) is 0 Å². The van der Waals surface area contributed by atoms with Crippen molar-refractivity contribution < 1.29 is 4.79 Å². The zero-order valence-corrected chi connectivity index (χ0v) is 10.6. The Kier molecular flexibility index (Phi) is 3.98. The summed E-state index contributed by atoms with van der Waals surface area (Å²) in [6.07, 6.45) is 0. The molecule has 0 saturated heterocycles. The number of nitrogens with zero attached hydrogens (tertiary/aromatic N) is 1. The molecule has 0 aliphatic heterocycles. The standard InChI is InChI=1S/C11H24N2O/c1-10(2,3)8-13(7)9(14)12-11(4,5)6/h8H2,1-7H3,(H,12,14). The molecule has 0 aliphatic carbocycles. The average molecular weight is 200 g/mol. The van der Waals surface area contributed by atoms with Crippen LogP contribution in [0.15, 0.2) is 0 Å². The number of nitrogens with one attached hydrogen (secondary N) is 1. The summed E-state index contributed by atoms with van der Waals surface area (Å²) in [5.41, 5.74) is -0.0206. The van der Waals surface area contributed by atoms with E-state index in [4.69, 9.17) is 0 Å². The Labute approximate surface area is 87.9 Å². The Balaban J connectivity index is 4.15. The Bertz CT molecular complexity index is 198. The van der Waals surface area contributed by atoms with E-state index in [2.05, 4.69) is 26.1 Å². The minimum Gasteiger partial charge on any atom is -0.333 e. The Morgan fingerprint density at radius 3 is 1.86 bits per heavy atom. The molecule has 14 heavy (non-hydrogen) atoms. The fourth-order valence-electron chi connectivity index (χ4n) is 1.20. The lowest BCUT2D eigenvalue weighted by Crippen LogP contribution is -2.48. The monoisotopic (exact) mass is 200 g/mol. The first-order valence-corrected chi connectivity index (χ1v) is 5.04. The number of rotatable bonds is 1. The fraction of sp³-hybridized carbons (Fsp3) is 0.909. The van der Waals surface area contributed by atoms with Gasteiger partial charge in [-0.05, 0) is 26.2 Å². The van der Waals surface area contributed by atoms with Crippen molar-refractivity contribution in [3.63, 3.8) is 0 Å². The Morgan fingerprint density at radius 1 is 1.14 bits per heavy atom. The molecule has 0 rings (SSSR count). The van der Waals surface area contributed by atoms with Gasteiger partial charge in [0.2, 0.25) is 0 Å². The highest BCUT2D eigenvalue weighted by Crippen LogP contribution is 2.14.